The lowest BCUT2D eigenvalue weighted by molar-refractivity contribution is -0.166. The standard InChI is InChI=1S/C62H98O6/c1-4-7-10-13-16-19-22-25-28-30-31-32-35-37-40-43-46-49-52-55-61(64)67-58-59(57-66-60(63)54-51-48-45-42-39-36-33-27-24-21-18-15-12-9-6-3)68-62(65)56-53-50-47-44-41-38-34-29-26-23-20-17-14-11-8-5-2/h7,9-10,12,16,18-19,21,25,27-29,31-34,37,39-40,42,46,49,59H,4-6,8,11,13-15,17,20,22-24,26,30,35-36,38,41,43-45,47-48,50-58H2,1-3H3/b10-7-,12-9-,19-16-,21-18-,28-25-,32-31-,33-27-,34-29-,40-37-,42-39-,49-46-/t59-/m1/s1. The van der Waals surface area contributed by atoms with E-state index in [1.807, 2.05) is 12.2 Å². The van der Waals surface area contributed by atoms with Gasteiger partial charge in [-0.25, -0.2) is 0 Å². The van der Waals surface area contributed by atoms with E-state index in [2.05, 4.69) is 142 Å². The molecule has 0 fully saturated rings. The number of unbranched alkanes of at least 4 members (excludes halogenated alkanes) is 14. The highest BCUT2D eigenvalue weighted by molar-refractivity contribution is 5.71. The van der Waals surface area contributed by atoms with Gasteiger partial charge in [0, 0.05) is 19.3 Å². The molecule has 382 valence electrons. The van der Waals surface area contributed by atoms with Crippen molar-refractivity contribution in [3.8, 4) is 0 Å². The van der Waals surface area contributed by atoms with Crippen LogP contribution in [-0.2, 0) is 28.6 Å². The minimum atomic E-state index is -0.835. The fraction of sp³-hybridized carbons (Fsp3) is 0.597. The summed E-state index contributed by atoms with van der Waals surface area (Å²) in [7, 11) is 0. The first kappa shape index (κ1) is 63.6. The third-order valence-electron chi connectivity index (χ3n) is 10.9. The van der Waals surface area contributed by atoms with Crippen LogP contribution in [0.15, 0.2) is 134 Å². The Morgan fingerprint density at radius 2 is 0.603 bits per heavy atom. The van der Waals surface area contributed by atoms with Crippen LogP contribution in [0.2, 0.25) is 0 Å². The summed E-state index contributed by atoms with van der Waals surface area (Å²) in [6.45, 7) is 6.28. The van der Waals surface area contributed by atoms with E-state index in [9.17, 15) is 14.4 Å². The minimum absolute atomic E-state index is 0.131. The van der Waals surface area contributed by atoms with Gasteiger partial charge in [0.1, 0.15) is 13.2 Å². The Morgan fingerprint density at radius 3 is 1.03 bits per heavy atom. The topological polar surface area (TPSA) is 78.9 Å². The van der Waals surface area contributed by atoms with E-state index in [-0.39, 0.29) is 50.4 Å². The molecule has 0 aromatic carbocycles. The van der Waals surface area contributed by atoms with Crippen LogP contribution in [0.3, 0.4) is 0 Å². The van der Waals surface area contributed by atoms with Gasteiger partial charge in [0.05, 0.1) is 0 Å². The van der Waals surface area contributed by atoms with E-state index >= 15 is 0 Å². The van der Waals surface area contributed by atoms with E-state index in [1.165, 1.54) is 57.8 Å². The molecule has 0 amide bonds. The van der Waals surface area contributed by atoms with E-state index in [0.29, 0.717) is 12.8 Å². The van der Waals surface area contributed by atoms with Crippen molar-refractivity contribution in [1.29, 1.82) is 0 Å². The van der Waals surface area contributed by atoms with Crippen LogP contribution < -0.4 is 0 Å². The van der Waals surface area contributed by atoms with Crippen LogP contribution in [0.1, 0.15) is 220 Å². The molecule has 0 radical (unpaired) electrons. The van der Waals surface area contributed by atoms with Crippen LogP contribution in [0.4, 0.5) is 0 Å². The molecule has 0 aliphatic carbocycles. The molecule has 0 aliphatic rings. The van der Waals surface area contributed by atoms with Crippen LogP contribution in [-0.4, -0.2) is 37.2 Å². The molecule has 0 spiro atoms. The van der Waals surface area contributed by atoms with Gasteiger partial charge in [-0.1, -0.05) is 212 Å². The molecule has 0 aliphatic heterocycles. The van der Waals surface area contributed by atoms with E-state index in [4.69, 9.17) is 14.2 Å². The van der Waals surface area contributed by atoms with Gasteiger partial charge in [0.25, 0.3) is 0 Å². The number of carbonyl (C=O) groups is 3. The third-order valence-corrected chi connectivity index (χ3v) is 10.9. The summed E-state index contributed by atoms with van der Waals surface area (Å²) in [5.74, 6) is -1.07. The maximum Gasteiger partial charge on any atom is 0.306 e. The van der Waals surface area contributed by atoms with Crippen LogP contribution in [0.5, 0.6) is 0 Å². The second-order valence-corrected chi connectivity index (χ2v) is 17.4. The van der Waals surface area contributed by atoms with Crippen molar-refractivity contribution < 1.29 is 28.6 Å². The molecule has 68 heavy (non-hydrogen) atoms. The zero-order chi connectivity index (χ0) is 49.3. The molecule has 0 aromatic rings. The summed E-state index contributed by atoms with van der Waals surface area (Å²) in [6.07, 6.45) is 77.4. The molecule has 6 nitrogen and oxygen atoms in total. The van der Waals surface area contributed by atoms with Crippen LogP contribution >= 0.6 is 0 Å². The lowest BCUT2D eigenvalue weighted by Crippen LogP contribution is -2.30. The maximum atomic E-state index is 12.8. The summed E-state index contributed by atoms with van der Waals surface area (Å²) in [5.41, 5.74) is 0. The first-order valence-electron chi connectivity index (χ1n) is 27.2. The Balaban J connectivity index is 4.60. The van der Waals surface area contributed by atoms with E-state index in [1.54, 1.807) is 0 Å². The number of ether oxygens (including phenoxy) is 3. The highest BCUT2D eigenvalue weighted by Gasteiger charge is 2.19. The first-order chi connectivity index (χ1) is 33.5. The zero-order valence-electron chi connectivity index (χ0n) is 43.6. The Hall–Kier alpha value is -4.45. The van der Waals surface area contributed by atoms with Crippen molar-refractivity contribution in [3.63, 3.8) is 0 Å². The molecule has 0 heterocycles. The van der Waals surface area contributed by atoms with Gasteiger partial charge < -0.3 is 14.2 Å². The van der Waals surface area contributed by atoms with Gasteiger partial charge in [-0.2, -0.15) is 0 Å². The molecule has 1 atom stereocenters. The fourth-order valence-electron chi connectivity index (χ4n) is 6.86. The maximum absolute atomic E-state index is 12.8. The number of esters is 3. The summed E-state index contributed by atoms with van der Waals surface area (Å²) < 4.78 is 16.7. The average Bonchev–Trinajstić information content (AvgIpc) is 3.34. The van der Waals surface area contributed by atoms with Gasteiger partial charge in [0.2, 0.25) is 0 Å². The van der Waals surface area contributed by atoms with Crippen molar-refractivity contribution in [2.45, 2.75) is 226 Å². The zero-order valence-corrected chi connectivity index (χ0v) is 43.6. The molecular formula is C62H98O6. The predicted octanol–water partition coefficient (Wildman–Crippen LogP) is 18.3. The predicted molar refractivity (Wildman–Crippen MR) is 292 cm³/mol. The largest absolute Gasteiger partial charge is 0.462 e. The SMILES string of the molecule is CC/C=C\C/C=C\C/C=C\C/C=C\C/C=C\C/C=C\CCC(=O)OC[C@@H](COC(=O)CCCC/C=C\C/C=C\C/C=C\C/C=C\CC)OC(=O)CCCCCCC/C=C\CCCCCCCCC. The van der Waals surface area contributed by atoms with Gasteiger partial charge in [-0.15, -0.1) is 0 Å². The first-order valence-corrected chi connectivity index (χ1v) is 27.2. The lowest BCUT2D eigenvalue weighted by atomic mass is 10.1. The molecule has 0 bridgehead atoms. The Morgan fingerprint density at radius 1 is 0.309 bits per heavy atom. The molecular weight excluding hydrogens is 841 g/mol. The van der Waals surface area contributed by atoms with Crippen LogP contribution in [0, 0.1) is 0 Å². The minimum Gasteiger partial charge on any atom is -0.462 e. The number of allylic oxidation sites excluding steroid dienone is 22. The Labute approximate surface area is 417 Å². The van der Waals surface area contributed by atoms with Crippen molar-refractivity contribution in [1.82, 2.24) is 0 Å². The molecule has 0 N–H and O–H groups in total. The highest BCUT2D eigenvalue weighted by Crippen LogP contribution is 2.12. The number of carbonyl (C=O) groups excluding carboxylic acids is 3. The molecule has 0 unspecified atom stereocenters. The fourth-order valence-corrected chi connectivity index (χ4v) is 6.86. The number of hydrogen-bond acceptors (Lipinski definition) is 6. The van der Waals surface area contributed by atoms with Gasteiger partial charge in [-0.05, 0) is 122 Å². The molecule has 6 heteroatoms. The normalized spacial score (nSPS) is 13.2. The van der Waals surface area contributed by atoms with Gasteiger partial charge in [-0.3, -0.25) is 14.4 Å². The second-order valence-electron chi connectivity index (χ2n) is 17.4. The Kier molecular flexibility index (Phi) is 51.5. The monoisotopic (exact) mass is 939 g/mol. The quantitative estimate of drug-likeness (QED) is 0.0262. The smallest absolute Gasteiger partial charge is 0.306 e. The summed E-state index contributed by atoms with van der Waals surface area (Å²) in [5, 5.41) is 0. The lowest BCUT2D eigenvalue weighted by Gasteiger charge is -2.18. The average molecular weight is 939 g/mol. The van der Waals surface area contributed by atoms with Crippen molar-refractivity contribution in [2.24, 2.45) is 0 Å². The van der Waals surface area contributed by atoms with E-state index < -0.39 is 6.10 Å². The summed E-state index contributed by atoms with van der Waals surface area (Å²) >= 11 is 0. The van der Waals surface area contributed by atoms with Crippen molar-refractivity contribution >= 4 is 17.9 Å². The summed E-state index contributed by atoms with van der Waals surface area (Å²) in [6, 6.07) is 0. The highest BCUT2D eigenvalue weighted by atomic mass is 16.6. The third kappa shape index (κ3) is 52.5. The Bertz CT molecular complexity index is 1500. The molecule has 0 saturated carbocycles. The molecule has 0 rings (SSSR count). The van der Waals surface area contributed by atoms with Crippen LogP contribution in [0.25, 0.3) is 0 Å². The van der Waals surface area contributed by atoms with E-state index in [0.717, 1.165) is 109 Å². The number of rotatable bonds is 47. The van der Waals surface area contributed by atoms with Gasteiger partial charge >= 0.3 is 17.9 Å². The summed E-state index contributed by atoms with van der Waals surface area (Å²) in [4.78, 5) is 38.0. The van der Waals surface area contributed by atoms with Gasteiger partial charge in [0.15, 0.2) is 6.10 Å². The van der Waals surface area contributed by atoms with Crippen molar-refractivity contribution in [2.75, 3.05) is 13.2 Å². The number of hydrogen-bond donors (Lipinski definition) is 0. The van der Waals surface area contributed by atoms with Crippen molar-refractivity contribution in [3.05, 3.63) is 134 Å². The second kappa shape index (κ2) is 55.1. The molecule has 0 saturated heterocycles. The molecule has 0 aromatic heterocycles.